The second-order valence-corrected chi connectivity index (χ2v) is 6.27. The third-order valence-electron chi connectivity index (χ3n) is 4.27. The van der Waals surface area contributed by atoms with Gasteiger partial charge in [0.2, 0.25) is 11.9 Å². The molecule has 1 aromatic heterocycles. The van der Waals surface area contributed by atoms with Crippen molar-refractivity contribution in [1.29, 1.82) is 0 Å². The van der Waals surface area contributed by atoms with E-state index in [0.29, 0.717) is 11.6 Å². The van der Waals surface area contributed by atoms with Gasteiger partial charge in [0, 0.05) is 38.6 Å². The number of piperazine rings is 1. The number of aromatic nitrogens is 2. The van der Waals surface area contributed by atoms with E-state index in [1.807, 2.05) is 6.92 Å². The maximum absolute atomic E-state index is 13.1. The molecule has 8 heteroatoms. The van der Waals surface area contributed by atoms with Gasteiger partial charge in [-0.05, 0) is 31.2 Å². The highest BCUT2D eigenvalue weighted by Gasteiger charge is 2.26. The summed E-state index contributed by atoms with van der Waals surface area (Å²) in [6.07, 6.45) is 3.44. The number of carbonyl (C=O) groups is 1. The largest absolute Gasteiger partial charge is 0.338 e. The van der Waals surface area contributed by atoms with Gasteiger partial charge in [-0.15, -0.1) is 0 Å². The lowest BCUT2D eigenvalue weighted by atomic mass is 10.2. The first-order valence-electron chi connectivity index (χ1n) is 8.06. The number of hydrogen-bond donors (Lipinski definition) is 1. The van der Waals surface area contributed by atoms with Gasteiger partial charge in [-0.1, -0.05) is 11.6 Å². The van der Waals surface area contributed by atoms with Crippen LogP contribution >= 0.6 is 11.6 Å². The predicted octanol–water partition coefficient (Wildman–Crippen LogP) is 2.42. The van der Waals surface area contributed by atoms with Gasteiger partial charge in [0.25, 0.3) is 0 Å². The van der Waals surface area contributed by atoms with E-state index in [9.17, 15) is 9.18 Å². The summed E-state index contributed by atoms with van der Waals surface area (Å²) in [6, 6.07) is 5.38. The van der Waals surface area contributed by atoms with E-state index < -0.39 is 5.82 Å². The van der Waals surface area contributed by atoms with E-state index in [1.54, 1.807) is 18.5 Å². The molecule has 1 aromatic carbocycles. The van der Waals surface area contributed by atoms with Gasteiger partial charge in [-0.2, -0.15) is 0 Å². The molecule has 25 heavy (non-hydrogen) atoms. The van der Waals surface area contributed by atoms with Crippen LogP contribution in [0.1, 0.15) is 6.92 Å². The van der Waals surface area contributed by atoms with Gasteiger partial charge in [0.1, 0.15) is 5.82 Å². The molecule has 1 N–H and O–H groups in total. The smallest absolute Gasteiger partial charge is 0.241 e. The summed E-state index contributed by atoms with van der Waals surface area (Å²) in [5.41, 5.74) is 0.413. The first-order chi connectivity index (χ1) is 12.0. The van der Waals surface area contributed by atoms with Crippen LogP contribution < -0.4 is 10.2 Å². The molecule has 0 unspecified atom stereocenters. The van der Waals surface area contributed by atoms with Crippen LogP contribution in [0.25, 0.3) is 0 Å². The van der Waals surface area contributed by atoms with Crippen LogP contribution in [0.2, 0.25) is 5.02 Å². The minimum absolute atomic E-state index is 0.169. The minimum atomic E-state index is -0.435. The van der Waals surface area contributed by atoms with Gasteiger partial charge in [0.15, 0.2) is 0 Å². The predicted molar refractivity (Wildman–Crippen MR) is 95.3 cm³/mol. The van der Waals surface area contributed by atoms with Crippen LogP contribution in [-0.4, -0.2) is 53.0 Å². The van der Waals surface area contributed by atoms with E-state index in [4.69, 9.17) is 11.6 Å². The average molecular weight is 364 g/mol. The number of hydrogen-bond acceptors (Lipinski definition) is 5. The first-order valence-corrected chi connectivity index (χ1v) is 8.44. The van der Waals surface area contributed by atoms with E-state index in [-0.39, 0.29) is 17.0 Å². The normalized spacial score (nSPS) is 16.5. The van der Waals surface area contributed by atoms with Crippen LogP contribution in [-0.2, 0) is 4.79 Å². The molecule has 1 amide bonds. The molecule has 0 radical (unpaired) electrons. The molecule has 0 bridgehead atoms. The highest BCUT2D eigenvalue weighted by Crippen LogP contribution is 2.23. The Morgan fingerprint density at radius 3 is 2.56 bits per heavy atom. The van der Waals surface area contributed by atoms with Gasteiger partial charge in [-0.3, -0.25) is 9.69 Å². The number of halogens is 2. The van der Waals surface area contributed by atoms with E-state index in [1.165, 1.54) is 18.2 Å². The maximum atomic E-state index is 13.1. The van der Waals surface area contributed by atoms with Crippen LogP contribution in [0.3, 0.4) is 0 Å². The number of amides is 1. The van der Waals surface area contributed by atoms with Crippen molar-refractivity contribution < 1.29 is 9.18 Å². The van der Waals surface area contributed by atoms with Crippen molar-refractivity contribution in [1.82, 2.24) is 14.9 Å². The Morgan fingerprint density at radius 2 is 1.92 bits per heavy atom. The van der Waals surface area contributed by atoms with Gasteiger partial charge >= 0.3 is 0 Å². The lowest BCUT2D eigenvalue weighted by Gasteiger charge is -2.37. The summed E-state index contributed by atoms with van der Waals surface area (Å²) in [5, 5.41) is 2.95. The third-order valence-corrected chi connectivity index (χ3v) is 4.58. The minimum Gasteiger partial charge on any atom is -0.338 e. The molecule has 1 aliphatic heterocycles. The highest BCUT2D eigenvalue weighted by atomic mass is 35.5. The zero-order valence-corrected chi connectivity index (χ0v) is 14.6. The van der Waals surface area contributed by atoms with E-state index in [2.05, 4.69) is 25.1 Å². The fourth-order valence-corrected chi connectivity index (χ4v) is 2.97. The van der Waals surface area contributed by atoms with Crippen molar-refractivity contribution in [3.05, 3.63) is 47.5 Å². The quantitative estimate of drug-likeness (QED) is 0.904. The number of benzene rings is 1. The standard InChI is InChI=1S/C17H19ClFN5O/c1-12(16(25)22-15-4-3-13(19)11-14(15)18)23-7-9-24(10-8-23)17-20-5-2-6-21-17/h2-6,11-12H,7-10H2,1H3,(H,22,25)/t12-/m1/s1. The molecule has 1 aliphatic rings. The van der Waals surface area contributed by atoms with Gasteiger partial charge in [-0.25, -0.2) is 14.4 Å². The molecule has 0 saturated carbocycles. The first kappa shape index (κ1) is 17.6. The molecule has 0 spiro atoms. The highest BCUT2D eigenvalue weighted by molar-refractivity contribution is 6.33. The van der Waals surface area contributed by atoms with Crippen molar-refractivity contribution in [2.24, 2.45) is 0 Å². The Kier molecular flexibility index (Phi) is 5.45. The molecular weight excluding hydrogens is 345 g/mol. The number of carbonyl (C=O) groups excluding carboxylic acids is 1. The van der Waals surface area contributed by atoms with Crippen molar-refractivity contribution in [3.8, 4) is 0 Å². The summed E-state index contributed by atoms with van der Waals surface area (Å²) in [6.45, 7) is 4.80. The number of anilines is 2. The number of nitrogens with one attached hydrogen (secondary N) is 1. The average Bonchev–Trinajstić information content (AvgIpc) is 2.64. The van der Waals surface area contributed by atoms with Crippen LogP contribution in [0.15, 0.2) is 36.7 Å². The SMILES string of the molecule is C[C@H](C(=O)Nc1ccc(F)cc1Cl)N1CCN(c2ncccn2)CC1. The van der Waals surface area contributed by atoms with Crippen LogP contribution in [0, 0.1) is 5.82 Å². The molecule has 132 valence electrons. The molecule has 1 fully saturated rings. The molecule has 3 rings (SSSR count). The Morgan fingerprint density at radius 1 is 1.24 bits per heavy atom. The second-order valence-electron chi connectivity index (χ2n) is 5.86. The molecule has 1 saturated heterocycles. The zero-order chi connectivity index (χ0) is 17.8. The second kappa shape index (κ2) is 7.76. The zero-order valence-electron chi connectivity index (χ0n) is 13.8. The molecular formula is C17H19ClFN5O. The van der Waals surface area contributed by atoms with Crippen molar-refractivity contribution in [2.75, 3.05) is 36.4 Å². The number of rotatable bonds is 4. The van der Waals surface area contributed by atoms with E-state index >= 15 is 0 Å². The Balaban J connectivity index is 1.56. The Labute approximate surface area is 150 Å². The lowest BCUT2D eigenvalue weighted by Crippen LogP contribution is -2.53. The summed E-state index contributed by atoms with van der Waals surface area (Å²) in [7, 11) is 0. The Hall–Kier alpha value is -2.25. The van der Waals surface area contributed by atoms with Gasteiger partial charge < -0.3 is 10.2 Å². The molecule has 1 atom stereocenters. The van der Waals surface area contributed by atoms with Crippen molar-refractivity contribution in [3.63, 3.8) is 0 Å². The summed E-state index contributed by atoms with van der Waals surface area (Å²) < 4.78 is 13.1. The van der Waals surface area contributed by atoms with Gasteiger partial charge in [0.05, 0.1) is 16.8 Å². The van der Waals surface area contributed by atoms with Crippen LogP contribution in [0.5, 0.6) is 0 Å². The molecule has 6 nitrogen and oxygen atoms in total. The topological polar surface area (TPSA) is 61.4 Å². The number of nitrogens with zero attached hydrogens (tertiary/aromatic N) is 4. The Bertz CT molecular complexity index is 737. The fraction of sp³-hybridized carbons (Fsp3) is 0.353. The monoisotopic (exact) mass is 363 g/mol. The fourth-order valence-electron chi connectivity index (χ4n) is 2.76. The van der Waals surface area contributed by atoms with Crippen LogP contribution in [0.4, 0.5) is 16.0 Å². The summed E-state index contributed by atoms with van der Waals surface area (Å²) >= 11 is 5.96. The summed E-state index contributed by atoms with van der Waals surface area (Å²) in [4.78, 5) is 25.1. The van der Waals surface area contributed by atoms with E-state index in [0.717, 1.165) is 26.2 Å². The third kappa shape index (κ3) is 4.24. The van der Waals surface area contributed by atoms with Crippen molar-refractivity contribution in [2.45, 2.75) is 13.0 Å². The molecule has 0 aliphatic carbocycles. The lowest BCUT2D eigenvalue weighted by molar-refractivity contribution is -0.120. The summed E-state index contributed by atoms with van der Waals surface area (Å²) in [5.74, 6) is 0.102. The molecule has 2 heterocycles. The molecule has 2 aromatic rings. The van der Waals surface area contributed by atoms with Crippen molar-refractivity contribution >= 4 is 29.1 Å². The maximum Gasteiger partial charge on any atom is 0.241 e.